The predicted molar refractivity (Wildman–Crippen MR) is 75.7 cm³/mol. The minimum absolute atomic E-state index is 0.814. The van der Waals surface area contributed by atoms with Crippen molar-refractivity contribution >= 4 is 11.8 Å². The summed E-state index contributed by atoms with van der Waals surface area (Å²) in [5, 5.41) is 4.89. The van der Waals surface area contributed by atoms with Gasteiger partial charge in [0, 0.05) is 29.4 Å². The van der Waals surface area contributed by atoms with Gasteiger partial charge in [-0.05, 0) is 58.2 Å². The van der Waals surface area contributed by atoms with Crippen LogP contribution in [0.4, 0.5) is 0 Å². The molecular weight excluding hydrogens is 228 g/mol. The van der Waals surface area contributed by atoms with Crippen LogP contribution in [0.3, 0.4) is 0 Å². The third-order valence-corrected chi connectivity index (χ3v) is 6.38. The summed E-state index contributed by atoms with van der Waals surface area (Å²) in [5.74, 6) is 0. The second-order valence-electron chi connectivity index (χ2n) is 6.25. The summed E-state index contributed by atoms with van der Waals surface area (Å²) in [6, 6.07) is 3.39. The molecule has 2 aliphatic heterocycles. The number of piperidine rings is 1. The zero-order valence-corrected chi connectivity index (χ0v) is 12.0. The lowest BCUT2D eigenvalue weighted by atomic mass is 9.97. The molecule has 98 valence electrons. The van der Waals surface area contributed by atoms with Crippen LogP contribution in [0.5, 0.6) is 0 Å². The summed E-state index contributed by atoms with van der Waals surface area (Å²) >= 11 is 2.06. The highest BCUT2D eigenvalue weighted by Gasteiger charge is 2.39. The van der Waals surface area contributed by atoms with E-state index in [-0.39, 0.29) is 0 Å². The molecule has 0 radical (unpaired) electrons. The molecule has 1 saturated carbocycles. The minimum Gasteiger partial charge on any atom is -0.311 e. The molecule has 2 nitrogen and oxygen atoms in total. The third kappa shape index (κ3) is 2.52. The zero-order valence-electron chi connectivity index (χ0n) is 11.2. The van der Waals surface area contributed by atoms with Crippen molar-refractivity contribution in [1.82, 2.24) is 10.2 Å². The topological polar surface area (TPSA) is 15.3 Å². The predicted octanol–water partition coefficient (Wildman–Crippen LogP) is 2.49. The Morgan fingerprint density at radius 3 is 2.24 bits per heavy atom. The maximum absolute atomic E-state index is 3.96. The highest BCUT2D eigenvalue weighted by molar-refractivity contribution is 7.99. The molecule has 0 spiro atoms. The summed E-state index contributed by atoms with van der Waals surface area (Å²) in [5.41, 5.74) is 0. The Balaban J connectivity index is 1.50. The van der Waals surface area contributed by atoms with Crippen LogP contribution in [0, 0.1) is 0 Å². The first-order valence-corrected chi connectivity index (χ1v) is 8.56. The fourth-order valence-electron chi connectivity index (χ4n) is 4.19. The number of rotatable bonds is 3. The molecule has 3 aliphatic rings. The molecule has 3 rings (SSSR count). The Bertz CT molecular complexity index is 257. The lowest BCUT2D eigenvalue weighted by Crippen LogP contribution is -2.49. The van der Waals surface area contributed by atoms with E-state index >= 15 is 0 Å². The molecule has 2 heterocycles. The van der Waals surface area contributed by atoms with Crippen molar-refractivity contribution in [2.24, 2.45) is 0 Å². The molecule has 1 N–H and O–H groups in total. The molecule has 3 heteroatoms. The Morgan fingerprint density at radius 1 is 0.941 bits per heavy atom. The van der Waals surface area contributed by atoms with Gasteiger partial charge in [-0.1, -0.05) is 0 Å². The molecule has 2 bridgehead atoms. The van der Waals surface area contributed by atoms with E-state index in [4.69, 9.17) is 0 Å². The molecule has 2 saturated heterocycles. The van der Waals surface area contributed by atoms with E-state index in [0.717, 1.165) is 29.4 Å². The van der Waals surface area contributed by atoms with Crippen LogP contribution in [-0.4, -0.2) is 47.6 Å². The number of hydrogen-bond donors (Lipinski definition) is 1. The van der Waals surface area contributed by atoms with E-state index in [1.807, 2.05) is 0 Å². The van der Waals surface area contributed by atoms with Crippen molar-refractivity contribution in [1.29, 1.82) is 0 Å². The van der Waals surface area contributed by atoms with Gasteiger partial charge in [-0.25, -0.2) is 0 Å². The maximum atomic E-state index is 3.96. The molecule has 0 aromatic heterocycles. The Hall–Kier alpha value is 0.270. The van der Waals surface area contributed by atoms with Crippen molar-refractivity contribution in [3.8, 4) is 0 Å². The van der Waals surface area contributed by atoms with Crippen LogP contribution in [0.1, 0.15) is 44.9 Å². The lowest BCUT2D eigenvalue weighted by molar-refractivity contribution is 0.143. The van der Waals surface area contributed by atoms with Crippen LogP contribution in [0.25, 0.3) is 0 Å². The van der Waals surface area contributed by atoms with Gasteiger partial charge >= 0.3 is 0 Å². The van der Waals surface area contributed by atoms with Crippen molar-refractivity contribution in [2.45, 2.75) is 74.4 Å². The molecule has 1 aliphatic carbocycles. The highest BCUT2D eigenvalue weighted by atomic mass is 32.2. The Morgan fingerprint density at radius 2 is 1.65 bits per heavy atom. The van der Waals surface area contributed by atoms with Crippen molar-refractivity contribution in [2.75, 3.05) is 13.3 Å². The highest BCUT2D eigenvalue weighted by Crippen LogP contribution is 2.35. The van der Waals surface area contributed by atoms with Crippen LogP contribution >= 0.6 is 11.8 Å². The summed E-state index contributed by atoms with van der Waals surface area (Å²) < 4.78 is 0. The average molecular weight is 254 g/mol. The maximum Gasteiger partial charge on any atom is 0.0111 e. The first-order valence-electron chi connectivity index (χ1n) is 7.27. The molecule has 0 amide bonds. The fraction of sp³-hybridized carbons (Fsp3) is 1.00. The van der Waals surface area contributed by atoms with E-state index in [1.165, 1.54) is 44.9 Å². The smallest absolute Gasteiger partial charge is 0.0111 e. The van der Waals surface area contributed by atoms with Gasteiger partial charge < -0.3 is 10.2 Å². The number of thioether (sulfide) groups is 1. The summed E-state index contributed by atoms with van der Waals surface area (Å²) in [6.07, 6.45) is 12.2. The van der Waals surface area contributed by atoms with Crippen LogP contribution in [-0.2, 0) is 0 Å². The number of hydrogen-bond acceptors (Lipinski definition) is 3. The number of fused-ring (bicyclic) bond motifs is 2. The van der Waals surface area contributed by atoms with Crippen molar-refractivity contribution in [3.63, 3.8) is 0 Å². The molecule has 4 atom stereocenters. The van der Waals surface area contributed by atoms with Crippen molar-refractivity contribution in [3.05, 3.63) is 0 Å². The van der Waals surface area contributed by atoms with Gasteiger partial charge in [0.2, 0.25) is 0 Å². The van der Waals surface area contributed by atoms with Gasteiger partial charge in [-0.2, -0.15) is 11.8 Å². The van der Waals surface area contributed by atoms with Gasteiger partial charge in [0.25, 0.3) is 0 Å². The zero-order chi connectivity index (χ0) is 11.8. The van der Waals surface area contributed by atoms with E-state index in [2.05, 4.69) is 35.3 Å². The average Bonchev–Trinajstić information content (AvgIpc) is 2.83. The Labute approximate surface area is 110 Å². The fourth-order valence-corrected chi connectivity index (χ4v) is 4.98. The SMILES string of the molecule is CSC1CCC(NC2CC3CCC(C2)N3C)C1. The van der Waals surface area contributed by atoms with Crippen LogP contribution in [0.2, 0.25) is 0 Å². The van der Waals surface area contributed by atoms with Gasteiger partial charge in [-0.3, -0.25) is 0 Å². The second kappa shape index (κ2) is 5.10. The standard InChI is InChI=1S/C14H26N2S/c1-16-12-4-5-13(16)8-11(7-12)15-10-3-6-14(9-10)17-2/h10-15H,3-9H2,1-2H3. The summed E-state index contributed by atoms with van der Waals surface area (Å²) in [4.78, 5) is 2.64. The lowest BCUT2D eigenvalue weighted by Gasteiger charge is -2.38. The summed E-state index contributed by atoms with van der Waals surface area (Å²) in [6.45, 7) is 0. The monoisotopic (exact) mass is 254 g/mol. The molecule has 0 aromatic carbocycles. The molecule has 17 heavy (non-hydrogen) atoms. The molecular formula is C14H26N2S. The molecule has 4 unspecified atom stereocenters. The molecule has 0 aromatic rings. The quantitative estimate of drug-likeness (QED) is 0.833. The third-order valence-electron chi connectivity index (χ3n) is 5.29. The van der Waals surface area contributed by atoms with Gasteiger partial charge in [0.15, 0.2) is 0 Å². The molecule has 3 fully saturated rings. The van der Waals surface area contributed by atoms with E-state index in [9.17, 15) is 0 Å². The number of nitrogens with zero attached hydrogens (tertiary/aromatic N) is 1. The largest absolute Gasteiger partial charge is 0.311 e. The van der Waals surface area contributed by atoms with Gasteiger partial charge in [0.05, 0.1) is 0 Å². The summed E-state index contributed by atoms with van der Waals surface area (Å²) in [7, 11) is 2.33. The first kappa shape index (κ1) is 12.3. The normalized spacial score (nSPS) is 46.6. The minimum atomic E-state index is 0.814. The van der Waals surface area contributed by atoms with Gasteiger partial charge in [0.1, 0.15) is 0 Å². The van der Waals surface area contributed by atoms with Gasteiger partial charge in [-0.15, -0.1) is 0 Å². The second-order valence-corrected chi connectivity index (χ2v) is 7.39. The Kier molecular flexibility index (Phi) is 3.69. The van der Waals surface area contributed by atoms with Crippen LogP contribution in [0.15, 0.2) is 0 Å². The first-order chi connectivity index (χ1) is 8.26. The van der Waals surface area contributed by atoms with E-state index in [1.54, 1.807) is 0 Å². The van der Waals surface area contributed by atoms with E-state index < -0.39 is 0 Å². The number of nitrogens with one attached hydrogen (secondary N) is 1. The van der Waals surface area contributed by atoms with Crippen molar-refractivity contribution < 1.29 is 0 Å². The van der Waals surface area contributed by atoms with Crippen LogP contribution < -0.4 is 5.32 Å². The van der Waals surface area contributed by atoms with E-state index in [0.29, 0.717) is 0 Å².